The highest BCUT2D eigenvalue weighted by atomic mass is 16.5. The second kappa shape index (κ2) is 7.84. The largest absolute Gasteiger partial charge is 0.496 e. The second-order valence-electron chi connectivity index (χ2n) is 6.77. The number of aromatic nitrogens is 3. The summed E-state index contributed by atoms with van der Waals surface area (Å²) in [6, 6.07) is 7.28. The van der Waals surface area contributed by atoms with E-state index in [0.717, 1.165) is 30.0 Å². The van der Waals surface area contributed by atoms with Gasteiger partial charge in [-0.1, -0.05) is 0 Å². The molecule has 1 saturated heterocycles. The Balaban J connectivity index is 1.66. The summed E-state index contributed by atoms with van der Waals surface area (Å²) in [6.07, 6.45) is 6.85. The van der Waals surface area contributed by atoms with E-state index in [0.29, 0.717) is 28.4 Å². The topological polar surface area (TPSA) is 110 Å². The van der Waals surface area contributed by atoms with E-state index >= 15 is 0 Å². The highest BCUT2D eigenvalue weighted by molar-refractivity contribution is 6.14. The summed E-state index contributed by atoms with van der Waals surface area (Å²) < 4.78 is 10.7. The van der Waals surface area contributed by atoms with E-state index in [1.54, 1.807) is 51.1 Å². The summed E-state index contributed by atoms with van der Waals surface area (Å²) in [5.41, 5.74) is 9.61. The minimum Gasteiger partial charge on any atom is -0.496 e. The number of ether oxygens (including phenoxy) is 2. The zero-order valence-corrected chi connectivity index (χ0v) is 16.3. The molecule has 3 aromatic heterocycles. The molecule has 4 rings (SSSR count). The van der Waals surface area contributed by atoms with Gasteiger partial charge < -0.3 is 20.1 Å². The normalized spacial score (nSPS) is 13.8. The van der Waals surface area contributed by atoms with Gasteiger partial charge in [0, 0.05) is 49.9 Å². The van der Waals surface area contributed by atoms with Crippen molar-refractivity contribution < 1.29 is 9.47 Å². The third-order valence-electron chi connectivity index (χ3n) is 5.02. The first kappa shape index (κ1) is 18.8. The molecule has 0 aromatic carbocycles. The van der Waals surface area contributed by atoms with Gasteiger partial charge in [-0.3, -0.25) is 15.4 Å². The van der Waals surface area contributed by atoms with Gasteiger partial charge in [0.15, 0.2) is 0 Å². The fourth-order valence-corrected chi connectivity index (χ4v) is 3.26. The van der Waals surface area contributed by atoms with Crippen molar-refractivity contribution >= 4 is 17.2 Å². The maximum absolute atomic E-state index is 8.73. The molecule has 0 unspecified atom stereocenters. The van der Waals surface area contributed by atoms with Crippen molar-refractivity contribution in [3.63, 3.8) is 0 Å². The number of methoxy groups -OCH3 is 2. The van der Waals surface area contributed by atoms with E-state index in [1.807, 2.05) is 12.1 Å². The van der Waals surface area contributed by atoms with Crippen molar-refractivity contribution in [3.8, 4) is 17.0 Å². The summed E-state index contributed by atoms with van der Waals surface area (Å²) in [6.45, 7) is 1.59. The molecule has 0 amide bonds. The molecule has 1 fully saturated rings. The number of anilines is 2. The van der Waals surface area contributed by atoms with E-state index in [1.165, 1.54) is 0 Å². The average Bonchev–Trinajstić information content (AvgIpc) is 2.73. The van der Waals surface area contributed by atoms with Crippen molar-refractivity contribution in [2.24, 2.45) is 0 Å². The molecule has 3 aromatic rings. The van der Waals surface area contributed by atoms with Gasteiger partial charge in [0.05, 0.1) is 42.1 Å². The highest BCUT2D eigenvalue weighted by Gasteiger charge is 2.27. The lowest BCUT2D eigenvalue weighted by Crippen LogP contribution is -2.52. The number of nitrogens with one attached hydrogen (secondary N) is 1. The van der Waals surface area contributed by atoms with Crippen LogP contribution in [0.25, 0.3) is 11.3 Å². The van der Waals surface area contributed by atoms with Gasteiger partial charge in [-0.05, 0) is 24.3 Å². The molecule has 29 heavy (non-hydrogen) atoms. The maximum Gasteiger partial charge on any atom is 0.131 e. The molecule has 0 bridgehead atoms. The van der Waals surface area contributed by atoms with E-state index < -0.39 is 0 Å². The van der Waals surface area contributed by atoms with Gasteiger partial charge in [0.25, 0.3) is 0 Å². The molecule has 1 aliphatic rings. The predicted molar refractivity (Wildman–Crippen MR) is 112 cm³/mol. The number of nitrogens with zero attached hydrogens (tertiary/aromatic N) is 4. The standard InChI is InChI=1S/C21H22N6O2/c1-28-14-11-27(12-14)20-7-13(3-6-25-20)21(23)15-8-18(26-10-17(15)22)16-9-24-5-4-19(16)29-2/h3-10,14,23H,11-12,22H2,1-2H3. The third-order valence-corrected chi connectivity index (χ3v) is 5.02. The second-order valence-corrected chi connectivity index (χ2v) is 6.77. The van der Waals surface area contributed by atoms with Gasteiger partial charge in [-0.15, -0.1) is 0 Å². The van der Waals surface area contributed by atoms with Crippen molar-refractivity contribution in [1.82, 2.24) is 15.0 Å². The van der Waals surface area contributed by atoms with Crippen LogP contribution in [0.5, 0.6) is 5.75 Å². The smallest absolute Gasteiger partial charge is 0.131 e. The number of hydrogen-bond donors (Lipinski definition) is 2. The van der Waals surface area contributed by atoms with Gasteiger partial charge in [0.2, 0.25) is 0 Å². The molecule has 0 atom stereocenters. The number of rotatable bonds is 6. The van der Waals surface area contributed by atoms with Crippen LogP contribution in [0.4, 0.5) is 11.5 Å². The summed E-state index contributed by atoms with van der Waals surface area (Å²) >= 11 is 0. The molecule has 8 nitrogen and oxygen atoms in total. The summed E-state index contributed by atoms with van der Waals surface area (Å²) in [5.74, 6) is 1.48. The fourth-order valence-electron chi connectivity index (χ4n) is 3.26. The van der Waals surface area contributed by atoms with E-state index in [2.05, 4.69) is 19.9 Å². The molecule has 0 aliphatic carbocycles. The lowest BCUT2D eigenvalue weighted by Gasteiger charge is -2.39. The van der Waals surface area contributed by atoms with Crippen LogP contribution in [0.2, 0.25) is 0 Å². The van der Waals surface area contributed by atoms with Crippen molar-refractivity contribution in [2.75, 3.05) is 37.9 Å². The molecule has 0 radical (unpaired) electrons. The molecular formula is C21H22N6O2. The number of nitrogens with two attached hydrogens (primary N) is 1. The molecular weight excluding hydrogens is 368 g/mol. The molecule has 0 saturated carbocycles. The van der Waals surface area contributed by atoms with Gasteiger partial charge in [0.1, 0.15) is 11.6 Å². The van der Waals surface area contributed by atoms with Crippen LogP contribution >= 0.6 is 0 Å². The Morgan fingerprint density at radius 2 is 1.97 bits per heavy atom. The first-order valence-electron chi connectivity index (χ1n) is 9.17. The van der Waals surface area contributed by atoms with Crippen LogP contribution in [-0.2, 0) is 4.74 Å². The molecule has 4 heterocycles. The zero-order valence-electron chi connectivity index (χ0n) is 16.3. The predicted octanol–water partition coefficient (Wildman–Crippen LogP) is 2.38. The average molecular weight is 390 g/mol. The highest BCUT2D eigenvalue weighted by Crippen LogP contribution is 2.30. The SMILES string of the molecule is COc1ccncc1-c1cc(C(=N)c2ccnc(N3CC(OC)C3)c2)c(N)cn1. The summed E-state index contributed by atoms with van der Waals surface area (Å²) in [4.78, 5) is 15.1. The van der Waals surface area contributed by atoms with Crippen molar-refractivity contribution in [2.45, 2.75) is 6.10 Å². The minimum absolute atomic E-state index is 0.229. The molecule has 148 valence electrons. The Morgan fingerprint density at radius 3 is 2.72 bits per heavy atom. The summed E-state index contributed by atoms with van der Waals surface area (Å²) in [7, 11) is 3.31. The maximum atomic E-state index is 8.73. The Morgan fingerprint density at radius 1 is 1.14 bits per heavy atom. The zero-order chi connectivity index (χ0) is 20.4. The quantitative estimate of drug-likeness (QED) is 0.622. The Bertz CT molecular complexity index is 1050. The third kappa shape index (κ3) is 3.62. The van der Waals surface area contributed by atoms with E-state index in [9.17, 15) is 0 Å². The minimum atomic E-state index is 0.229. The van der Waals surface area contributed by atoms with Gasteiger partial charge in [-0.25, -0.2) is 4.98 Å². The van der Waals surface area contributed by atoms with Crippen LogP contribution in [0.1, 0.15) is 11.1 Å². The van der Waals surface area contributed by atoms with Crippen molar-refractivity contribution in [3.05, 3.63) is 60.2 Å². The van der Waals surface area contributed by atoms with E-state index in [4.69, 9.17) is 20.6 Å². The molecule has 0 spiro atoms. The lowest BCUT2D eigenvalue weighted by atomic mass is 10.00. The first-order valence-corrected chi connectivity index (χ1v) is 9.17. The van der Waals surface area contributed by atoms with Crippen LogP contribution in [-0.4, -0.2) is 54.1 Å². The van der Waals surface area contributed by atoms with Crippen LogP contribution in [0.3, 0.4) is 0 Å². The van der Waals surface area contributed by atoms with Crippen LogP contribution in [0, 0.1) is 5.41 Å². The fraction of sp³-hybridized carbons (Fsp3) is 0.238. The van der Waals surface area contributed by atoms with Crippen molar-refractivity contribution in [1.29, 1.82) is 5.41 Å². The van der Waals surface area contributed by atoms with Crippen LogP contribution in [0.15, 0.2) is 49.1 Å². The Labute approximate surface area is 168 Å². The number of pyridine rings is 3. The first-order chi connectivity index (χ1) is 14.1. The molecule has 8 heteroatoms. The molecule has 3 N–H and O–H groups in total. The lowest BCUT2D eigenvalue weighted by molar-refractivity contribution is 0.0783. The van der Waals surface area contributed by atoms with Crippen LogP contribution < -0.4 is 15.4 Å². The van der Waals surface area contributed by atoms with Gasteiger partial charge >= 0.3 is 0 Å². The number of hydrogen-bond acceptors (Lipinski definition) is 8. The number of nitrogen functional groups attached to an aromatic ring is 1. The molecule has 1 aliphatic heterocycles. The monoisotopic (exact) mass is 390 g/mol. The summed E-state index contributed by atoms with van der Waals surface area (Å²) in [5, 5.41) is 8.73. The van der Waals surface area contributed by atoms with E-state index in [-0.39, 0.29) is 6.10 Å². The Kier molecular flexibility index (Phi) is 5.09. The van der Waals surface area contributed by atoms with Gasteiger partial charge in [-0.2, -0.15) is 0 Å². The Hall–Kier alpha value is -3.52.